The zero-order chi connectivity index (χ0) is 13.8. The van der Waals surface area contributed by atoms with E-state index >= 15 is 0 Å². The highest BCUT2D eigenvalue weighted by Crippen LogP contribution is 2.27. The lowest BCUT2D eigenvalue weighted by Gasteiger charge is -2.24. The Morgan fingerprint density at radius 1 is 1.40 bits per heavy atom. The van der Waals surface area contributed by atoms with Crippen LogP contribution in [0.5, 0.6) is 0 Å². The number of pyridine rings is 1. The lowest BCUT2D eigenvalue weighted by Crippen LogP contribution is -2.30. The van der Waals surface area contributed by atoms with Gasteiger partial charge in [-0.2, -0.15) is 0 Å². The molecule has 0 aliphatic carbocycles. The Morgan fingerprint density at radius 2 is 2.25 bits per heavy atom. The van der Waals surface area contributed by atoms with Gasteiger partial charge in [0.1, 0.15) is 0 Å². The molecule has 2 fully saturated rings. The molecule has 2 aliphatic rings. The molecule has 2 atom stereocenters. The van der Waals surface area contributed by atoms with E-state index in [9.17, 15) is 0 Å². The highest BCUT2D eigenvalue weighted by atomic mass is 15.2. The first-order chi connectivity index (χ1) is 9.83. The van der Waals surface area contributed by atoms with Crippen molar-refractivity contribution < 1.29 is 0 Å². The van der Waals surface area contributed by atoms with Gasteiger partial charge in [-0.25, -0.2) is 4.98 Å². The Morgan fingerprint density at radius 3 is 3.00 bits per heavy atom. The van der Waals surface area contributed by atoms with Crippen molar-refractivity contribution in [3.63, 3.8) is 0 Å². The van der Waals surface area contributed by atoms with Crippen LogP contribution in [0.1, 0.15) is 39.0 Å². The molecule has 0 amide bonds. The number of hydrogen-bond donors (Lipinski definition) is 2. The van der Waals surface area contributed by atoms with Crippen LogP contribution in [-0.4, -0.2) is 36.7 Å². The van der Waals surface area contributed by atoms with Crippen LogP contribution in [0, 0.1) is 0 Å². The van der Waals surface area contributed by atoms with Crippen molar-refractivity contribution in [2.75, 3.05) is 29.9 Å². The quantitative estimate of drug-likeness (QED) is 0.866. The van der Waals surface area contributed by atoms with E-state index in [-0.39, 0.29) is 0 Å². The van der Waals surface area contributed by atoms with Crippen LogP contribution in [0.2, 0.25) is 0 Å². The van der Waals surface area contributed by atoms with E-state index in [1.165, 1.54) is 44.3 Å². The summed E-state index contributed by atoms with van der Waals surface area (Å²) in [6.07, 6.45) is 8.31. The summed E-state index contributed by atoms with van der Waals surface area (Å²) in [5.74, 6) is 1.14. The van der Waals surface area contributed by atoms with Crippen LogP contribution >= 0.6 is 0 Å². The Hall–Kier alpha value is -1.29. The fraction of sp³-hybridized carbons (Fsp3) is 0.688. The summed E-state index contributed by atoms with van der Waals surface area (Å²) < 4.78 is 0. The van der Waals surface area contributed by atoms with Gasteiger partial charge in [-0.3, -0.25) is 0 Å². The molecule has 2 unspecified atom stereocenters. The van der Waals surface area contributed by atoms with Crippen LogP contribution in [0.15, 0.2) is 18.3 Å². The summed E-state index contributed by atoms with van der Waals surface area (Å²) in [6.45, 7) is 5.75. The van der Waals surface area contributed by atoms with E-state index in [1.54, 1.807) is 0 Å². The molecule has 2 saturated heterocycles. The normalized spacial score (nSPS) is 24.1. The van der Waals surface area contributed by atoms with Gasteiger partial charge in [-0.05, 0) is 57.7 Å². The second kappa shape index (κ2) is 6.44. The Balaban J connectivity index is 1.63. The number of nitrogens with zero attached hydrogens (tertiary/aromatic N) is 2. The molecule has 20 heavy (non-hydrogen) atoms. The minimum atomic E-state index is 0.483. The van der Waals surface area contributed by atoms with Crippen molar-refractivity contribution in [1.29, 1.82) is 0 Å². The van der Waals surface area contributed by atoms with Gasteiger partial charge in [-0.15, -0.1) is 0 Å². The molecule has 0 spiro atoms. The molecular weight excluding hydrogens is 248 g/mol. The second-order valence-corrected chi connectivity index (χ2v) is 6.14. The Kier molecular flexibility index (Phi) is 4.41. The SMILES string of the molecule is CC(CC1CCCN1)Nc1cccnc1N1CCCC1. The molecule has 0 radical (unpaired) electrons. The van der Waals surface area contributed by atoms with Gasteiger partial charge in [0, 0.05) is 31.4 Å². The molecule has 2 N–H and O–H groups in total. The van der Waals surface area contributed by atoms with Gasteiger partial charge in [0.2, 0.25) is 0 Å². The molecule has 3 rings (SSSR count). The van der Waals surface area contributed by atoms with E-state index in [4.69, 9.17) is 0 Å². The van der Waals surface area contributed by atoms with Crippen molar-refractivity contribution in [2.24, 2.45) is 0 Å². The molecule has 4 nitrogen and oxygen atoms in total. The van der Waals surface area contributed by atoms with Crippen molar-refractivity contribution in [3.05, 3.63) is 18.3 Å². The summed E-state index contributed by atoms with van der Waals surface area (Å²) in [6, 6.07) is 5.36. The summed E-state index contributed by atoms with van der Waals surface area (Å²) in [5, 5.41) is 7.25. The van der Waals surface area contributed by atoms with Gasteiger partial charge >= 0.3 is 0 Å². The summed E-state index contributed by atoms with van der Waals surface area (Å²) >= 11 is 0. The summed E-state index contributed by atoms with van der Waals surface area (Å²) in [4.78, 5) is 7.00. The zero-order valence-electron chi connectivity index (χ0n) is 12.4. The Bertz CT molecular complexity index is 422. The third kappa shape index (κ3) is 3.23. The van der Waals surface area contributed by atoms with Crippen molar-refractivity contribution in [3.8, 4) is 0 Å². The smallest absolute Gasteiger partial charge is 0.151 e. The van der Waals surface area contributed by atoms with Crippen LogP contribution in [0.4, 0.5) is 11.5 Å². The first kappa shape index (κ1) is 13.7. The monoisotopic (exact) mass is 274 g/mol. The molecule has 1 aromatic heterocycles. The zero-order valence-corrected chi connectivity index (χ0v) is 12.4. The molecule has 0 aromatic carbocycles. The maximum absolute atomic E-state index is 4.59. The first-order valence-corrected chi connectivity index (χ1v) is 8.03. The third-order valence-corrected chi connectivity index (χ3v) is 4.39. The Labute approximate surface area is 122 Å². The van der Waals surface area contributed by atoms with Gasteiger partial charge < -0.3 is 15.5 Å². The van der Waals surface area contributed by atoms with Gasteiger partial charge in [0.25, 0.3) is 0 Å². The van der Waals surface area contributed by atoms with Crippen molar-refractivity contribution in [1.82, 2.24) is 10.3 Å². The van der Waals surface area contributed by atoms with E-state index < -0.39 is 0 Å². The van der Waals surface area contributed by atoms with Gasteiger partial charge in [-0.1, -0.05) is 0 Å². The molecule has 3 heterocycles. The fourth-order valence-corrected chi connectivity index (χ4v) is 3.40. The largest absolute Gasteiger partial charge is 0.380 e. The minimum Gasteiger partial charge on any atom is -0.380 e. The number of nitrogens with one attached hydrogen (secondary N) is 2. The van der Waals surface area contributed by atoms with Crippen LogP contribution in [-0.2, 0) is 0 Å². The standard InChI is InChI=1S/C16H26N4/c1-13(12-14-6-4-8-17-14)19-15-7-5-9-18-16(15)20-10-2-3-11-20/h5,7,9,13-14,17,19H,2-4,6,8,10-12H2,1H3. The average Bonchev–Trinajstić information content (AvgIpc) is 3.11. The predicted octanol–water partition coefficient (Wildman–Crippen LogP) is 2.62. The van der Waals surface area contributed by atoms with E-state index in [1.807, 2.05) is 12.3 Å². The fourth-order valence-electron chi connectivity index (χ4n) is 3.40. The van der Waals surface area contributed by atoms with Crippen LogP contribution < -0.4 is 15.5 Å². The molecule has 110 valence electrons. The summed E-state index contributed by atoms with van der Waals surface area (Å²) in [7, 11) is 0. The number of rotatable bonds is 5. The lowest BCUT2D eigenvalue weighted by molar-refractivity contribution is 0.523. The third-order valence-electron chi connectivity index (χ3n) is 4.39. The molecule has 1 aromatic rings. The highest BCUT2D eigenvalue weighted by molar-refractivity contribution is 5.66. The van der Waals surface area contributed by atoms with E-state index in [0.29, 0.717) is 12.1 Å². The minimum absolute atomic E-state index is 0.483. The highest BCUT2D eigenvalue weighted by Gasteiger charge is 2.20. The van der Waals surface area contributed by atoms with E-state index in [2.05, 4.69) is 33.5 Å². The average molecular weight is 274 g/mol. The lowest BCUT2D eigenvalue weighted by atomic mass is 10.1. The second-order valence-electron chi connectivity index (χ2n) is 6.14. The predicted molar refractivity (Wildman–Crippen MR) is 84.4 cm³/mol. The molecule has 2 aliphatic heterocycles. The maximum Gasteiger partial charge on any atom is 0.151 e. The van der Waals surface area contributed by atoms with Crippen molar-refractivity contribution in [2.45, 2.75) is 51.1 Å². The number of hydrogen-bond acceptors (Lipinski definition) is 4. The molecular formula is C16H26N4. The number of aromatic nitrogens is 1. The molecule has 0 saturated carbocycles. The van der Waals surface area contributed by atoms with Gasteiger partial charge in [0.05, 0.1) is 5.69 Å². The maximum atomic E-state index is 4.59. The summed E-state index contributed by atoms with van der Waals surface area (Å²) in [5.41, 5.74) is 1.19. The van der Waals surface area contributed by atoms with Crippen molar-refractivity contribution >= 4 is 11.5 Å². The molecule has 0 bridgehead atoms. The van der Waals surface area contributed by atoms with E-state index in [0.717, 1.165) is 18.9 Å². The topological polar surface area (TPSA) is 40.2 Å². The first-order valence-electron chi connectivity index (χ1n) is 8.03. The number of anilines is 2. The van der Waals surface area contributed by atoms with Crippen LogP contribution in [0.3, 0.4) is 0 Å². The molecule has 4 heteroatoms. The van der Waals surface area contributed by atoms with Gasteiger partial charge in [0.15, 0.2) is 5.82 Å². The van der Waals surface area contributed by atoms with Crippen LogP contribution in [0.25, 0.3) is 0 Å².